The maximum Gasteiger partial charge on any atom is 0.254 e. The van der Waals surface area contributed by atoms with Crippen molar-refractivity contribution in [3.05, 3.63) is 29.0 Å². The van der Waals surface area contributed by atoms with Gasteiger partial charge in [0.1, 0.15) is 5.15 Å². The number of hydrogen-bond acceptors (Lipinski definition) is 4. The van der Waals surface area contributed by atoms with Crippen LogP contribution in [0.1, 0.15) is 36.0 Å². The summed E-state index contributed by atoms with van der Waals surface area (Å²) in [5.74, 6) is -0.222. The maximum atomic E-state index is 12.5. The van der Waals surface area contributed by atoms with E-state index in [1.54, 1.807) is 13.1 Å². The molecule has 5 nitrogen and oxygen atoms in total. The summed E-state index contributed by atoms with van der Waals surface area (Å²) in [4.78, 5) is 17.9. The number of sulfone groups is 1. The first-order chi connectivity index (χ1) is 9.80. The van der Waals surface area contributed by atoms with Crippen LogP contribution in [-0.4, -0.2) is 48.8 Å². The van der Waals surface area contributed by atoms with Gasteiger partial charge >= 0.3 is 0 Å². The van der Waals surface area contributed by atoms with Gasteiger partial charge in [0.2, 0.25) is 0 Å². The predicted octanol–water partition coefficient (Wildman–Crippen LogP) is 2.16. The standard InChI is InChI=1S/C14H19ClN2O3S/c1-17(14(18)10-7-8-16-13(15)9-10)11-5-3-4-6-12(11)21(2,19)20/h7-9,11-12H,3-6H2,1-2H3/t11-,12+/m1/s1. The Balaban J connectivity index is 2.25. The van der Waals surface area contributed by atoms with E-state index in [9.17, 15) is 13.2 Å². The number of carbonyl (C=O) groups excluding carboxylic acids is 1. The van der Waals surface area contributed by atoms with Gasteiger partial charge in [-0.2, -0.15) is 0 Å². The van der Waals surface area contributed by atoms with Gasteiger partial charge in [-0.15, -0.1) is 0 Å². The van der Waals surface area contributed by atoms with Gasteiger partial charge in [0, 0.05) is 31.1 Å². The summed E-state index contributed by atoms with van der Waals surface area (Å²) in [6, 6.07) is 2.80. The van der Waals surface area contributed by atoms with Crippen molar-refractivity contribution in [3.63, 3.8) is 0 Å². The molecule has 1 aliphatic rings. The normalized spacial score (nSPS) is 22.8. The van der Waals surface area contributed by atoms with E-state index in [1.807, 2.05) is 0 Å². The zero-order valence-corrected chi connectivity index (χ0v) is 13.7. The molecule has 1 saturated carbocycles. The Morgan fingerprint density at radius 1 is 1.38 bits per heavy atom. The van der Waals surface area contributed by atoms with E-state index in [0.29, 0.717) is 18.4 Å². The molecule has 116 valence electrons. The van der Waals surface area contributed by atoms with Crippen molar-refractivity contribution in [1.29, 1.82) is 0 Å². The Morgan fingerprint density at radius 3 is 2.67 bits per heavy atom. The second-order valence-corrected chi connectivity index (χ2v) is 8.15. The second kappa shape index (κ2) is 6.32. The molecule has 0 saturated heterocycles. The van der Waals surface area contributed by atoms with Crippen LogP contribution in [0.25, 0.3) is 0 Å². The lowest BCUT2D eigenvalue weighted by Gasteiger charge is -2.37. The van der Waals surface area contributed by atoms with E-state index >= 15 is 0 Å². The van der Waals surface area contributed by atoms with Crippen LogP contribution in [-0.2, 0) is 9.84 Å². The number of halogens is 1. The quantitative estimate of drug-likeness (QED) is 0.796. The highest BCUT2D eigenvalue weighted by Gasteiger charge is 2.37. The van der Waals surface area contributed by atoms with Gasteiger partial charge in [-0.25, -0.2) is 13.4 Å². The molecule has 21 heavy (non-hydrogen) atoms. The summed E-state index contributed by atoms with van der Waals surface area (Å²) < 4.78 is 23.9. The van der Waals surface area contributed by atoms with E-state index in [0.717, 1.165) is 12.8 Å². The predicted molar refractivity (Wildman–Crippen MR) is 82.2 cm³/mol. The molecule has 0 radical (unpaired) electrons. The lowest BCUT2D eigenvalue weighted by molar-refractivity contribution is 0.0700. The molecule has 1 heterocycles. The highest BCUT2D eigenvalue weighted by atomic mass is 35.5. The van der Waals surface area contributed by atoms with E-state index in [-0.39, 0.29) is 17.1 Å². The van der Waals surface area contributed by atoms with Crippen LogP contribution in [0.15, 0.2) is 18.3 Å². The molecule has 0 aromatic carbocycles. The Hall–Kier alpha value is -1.14. The minimum atomic E-state index is -3.18. The van der Waals surface area contributed by atoms with E-state index in [2.05, 4.69) is 4.98 Å². The summed E-state index contributed by atoms with van der Waals surface area (Å²) in [6.45, 7) is 0. The first-order valence-corrected chi connectivity index (χ1v) is 9.21. The lowest BCUT2D eigenvalue weighted by atomic mass is 9.93. The topological polar surface area (TPSA) is 67.3 Å². The van der Waals surface area contributed by atoms with Crippen LogP contribution in [0.3, 0.4) is 0 Å². The Morgan fingerprint density at radius 2 is 2.05 bits per heavy atom. The van der Waals surface area contributed by atoms with Crippen molar-refractivity contribution in [2.75, 3.05) is 13.3 Å². The fourth-order valence-electron chi connectivity index (χ4n) is 2.91. The van der Waals surface area contributed by atoms with Crippen LogP contribution >= 0.6 is 11.6 Å². The fraction of sp³-hybridized carbons (Fsp3) is 0.571. The zero-order chi connectivity index (χ0) is 15.6. The summed E-state index contributed by atoms with van der Waals surface area (Å²) in [7, 11) is -1.52. The largest absolute Gasteiger partial charge is 0.337 e. The highest BCUT2D eigenvalue weighted by Crippen LogP contribution is 2.28. The van der Waals surface area contributed by atoms with Crippen molar-refractivity contribution in [1.82, 2.24) is 9.88 Å². The molecule has 1 aliphatic carbocycles. The molecule has 7 heteroatoms. The minimum Gasteiger partial charge on any atom is -0.337 e. The second-order valence-electron chi connectivity index (χ2n) is 5.50. The molecule has 0 N–H and O–H groups in total. The van der Waals surface area contributed by atoms with E-state index in [4.69, 9.17) is 11.6 Å². The van der Waals surface area contributed by atoms with Crippen LogP contribution < -0.4 is 0 Å². The summed E-state index contributed by atoms with van der Waals surface area (Å²) >= 11 is 5.80. The SMILES string of the molecule is CN(C(=O)c1ccnc(Cl)c1)[C@@H]1CCCC[C@@H]1S(C)(=O)=O. The van der Waals surface area contributed by atoms with Gasteiger partial charge in [-0.1, -0.05) is 24.4 Å². The number of amides is 1. The van der Waals surface area contributed by atoms with E-state index in [1.165, 1.54) is 23.4 Å². The van der Waals surface area contributed by atoms with Gasteiger partial charge < -0.3 is 4.90 Å². The summed E-state index contributed by atoms with van der Waals surface area (Å²) in [5, 5.41) is -0.241. The molecule has 0 unspecified atom stereocenters. The highest BCUT2D eigenvalue weighted by molar-refractivity contribution is 7.91. The number of aromatic nitrogens is 1. The molecule has 1 fully saturated rings. The van der Waals surface area contributed by atoms with Crippen molar-refractivity contribution in [2.45, 2.75) is 37.0 Å². The Bertz CT molecular complexity index is 633. The van der Waals surface area contributed by atoms with Crippen LogP contribution in [0.5, 0.6) is 0 Å². The van der Waals surface area contributed by atoms with Gasteiger partial charge in [-0.05, 0) is 25.0 Å². The Kier molecular flexibility index (Phi) is 4.88. The van der Waals surface area contributed by atoms with Gasteiger partial charge in [0.15, 0.2) is 9.84 Å². The molecule has 2 atom stereocenters. The molecule has 1 aromatic rings. The fourth-order valence-corrected chi connectivity index (χ4v) is 4.57. The molecule has 0 aliphatic heterocycles. The Labute approximate surface area is 130 Å². The number of pyridine rings is 1. The molecular formula is C14H19ClN2O3S. The average molecular weight is 331 g/mol. The smallest absolute Gasteiger partial charge is 0.254 e. The number of carbonyl (C=O) groups is 1. The third kappa shape index (κ3) is 3.74. The molecule has 1 amide bonds. The zero-order valence-electron chi connectivity index (χ0n) is 12.1. The average Bonchev–Trinajstić information content (AvgIpc) is 2.45. The number of rotatable bonds is 3. The maximum absolute atomic E-state index is 12.5. The molecule has 0 bridgehead atoms. The first kappa shape index (κ1) is 16.2. The monoisotopic (exact) mass is 330 g/mol. The summed E-state index contributed by atoms with van der Waals surface area (Å²) in [6.07, 6.45) is 5.86. The van der Waals surface area contributed by atoms with Gasteiger partial charge in [-0.3, -0.25) is 4.79 Å². The van der Waals surface area contributed by atoms with Crippen molar-refractivity contribution >= 4 is 27.3 Å². The van der Waals surface area contributed by atoms with Gasteiger partial charge in [0.05, 0.1) is 5.25 Å². The summed E-state index contributed by atoms with van der Waals surface area (Å²) in [5.41, 5.74) is 0.426. The van der Waals surface area contributed by atoms with Crippen molar-refractivity contribution in [3.8, 4) is 0 Å². The number of hydrogen-bond donors (Lipinski definition) is 0. The van der Waals surface area contributed by atoms with Gasteiger partial charge in [0.25, 0.3) is 5.91 Å². The molecule has 2 rings (SSSR count). The molecular weight excluding hydrogens is 312 g/mol. The van der Waals surface area contributed by atoms with Crippen LogP contribution in [0.4, 0.5) is 0 Å². The molecule has 0 spiro atoms. The van der Waals surface area contributed by atoms with Crippen LogP contribution in [0.2, 0.25) is 5.15 Å². The van der Waals surface area contributed by atoms with Crippen LogP contribution in [0, 0.1) is 0 Å². The first-order valence-electron chi connectivity index (χ1n) is 6.88. The molecule has 1 aromatic heterocycles. The van der Waals surface area contributed by atoms with E-state index < -0.39 is 15.1 Å². The third-order valence-electron chi connectivity index (χ3n) is 4.01. The van der Waals surface area contributed by atoms with Crippen molar-refractivity contribution < 1.29 is 13.2 Å². The minimum absolute atomic E-state index is 0.222. The third-order valence-corrected chi connectivity index (χ3v) is 5.87. The number of nitrogens with zero attached hydrogens (tertiary/aromatic N) is 2. The lowest BCUT2D eigenvalue weighted by Crippen LogP contribution is -2.49. The van der Waals surface area contributed by atoms with Crippen molar-refractivity contribution in [2.24, 2.45) is 0 Å².